The fraction of sp³-hybridized carbons (Fsp3) is 0.588. The Morgan fingerprint density at radius 3 is 2.00 bits per heavy atom. The summed E-state index contributed by atoms with van der Waals surface area (Å²) in [4.78, 5) is 55.9. The first-order valence-corrected chi connectivity index (χ1v) is 8.62. The molecule has 1 heterocycles. The highest BCUT2D eigenvalue weighted by Gasteiger charge is 2.38. The molecule has 0 fully saturated rings. The van der Waals surface area contributed by atoms with Gasteiger partial charge in [-0.25, -0.2) is 4.79 Å². The van der Waals surface area contributed by atoms with Crippen molar-refractivity contribution >= 4 is 29.7 Å². The van der Waals surface area contributed by atoms with E-state index < -0.39 is 35.7 Å². The van der Waals surface area contributed by atoms with Gasteiger partial charge in [-0.1, -0.05) is 0 Å². The van der Waals surface area contributed by atoms with E-state index in [1.54, 1.807) is 20.8 Å². The predicted molar refractivity (Wildman–Crippen MR) is 95.6 cm³/mol. The van der Waals surface area contributed by atoms with Crippen LogP contribution in [0.5, 0.6) is 0 Å². The van der Waals surface area contributed by atoms with Crippen molar-refractivity contribution in [2.45, 2.75) is 51.4 Å². The van der Waals surface area contributed by atoms with Gasteiger partial charge < -0.3 is 20.9 Å². The molecule has 0 unspecified atom stereocenters. The number of halogens is 3. The maximum absolute atomic E-state index is 12.1. The number of carboxylic acid groups (broad SMARTS) is 1. The fourth-order valence-electron chi connectivity index (χ4n) is 1.96. The van der Waals surface area contributed by atoms with E-state index in [0.29, 0.717) is 0 Å². The van der Waals surface area contributed by atoms with E-state index in [0.717, 1.165) is 4.90 Å². The van der Waals surface area contributed by atoms with Crippen LogP contribution < -0.4 is 11.1 Å². The molecule has 13 heteroatoms. The third-order valence-electron chi connectivity index (χ3n) is 3.24. The number of amides is 3. The van der Waals surface area contributed by atoms with Crippen molar-refractivity contribution in [2.75, 3.05) is 13.1 Å². The molecule has 4 N–H and O–H groups in total. The van der Waals surface area contributed by atoms with Gasteiger partial charge in [0.1, 0.15) is 11.6 Å². The molecule has 170 valence electrons. The number of primary amides is 1. The lowest BCUT2D eigenvalue weighted by molar-refractivity contribution is -0.192. The van der Waals surface area contributed by atoms with Gasteiger partial charge >= 0.3 is 18.1 Å². The number of carbonyl (C=O) groups excluding carboxylic acids is 4. The van der Waals surface area contributed by atoms with Crippen molar-refractivity contribution in [1.29, 1.82) is 0 Å². The van der Waals surface area contributed by atoms with Crippen LogP contribution in [0.4, 0.5) is 13.2 Å². The molecule has 1 atom stereocenters. The summed E-state index contributed by atoms with van der Waals surface area (Å²) in [5.41, 5.74) is 4.45. The van der Waals surface area contributed by atoms with Crippen LogP contribution in [0.15, 0.2) is 12.2 Å². The van der Waals surface area contributed by atoms with Crippen LogP contribution in [0.25, 0.3) is 0 Å². The van der Waals surface area contributed by atoms with Crippen LogP contribution in [0.2, 0.25) is 0 Å². The standard InChI is InChI=1S/C15H23N3O5.C2HF3O2/c1-15(2,3)23-14(22)10(4-5-11(16)19)17-8-9-18-12(20)6-7-13(18)21;3-2(4,5)1(6)7/h6-7,10,17H,4-5,8-9H2,1-3H3,(H2,16,19);(H,6,7)/t10-;/m0./s1. The number of imide groups is 1. The molecule has 0 spiro atoms. The molecule has 0 aromatic carbocycles. The minimum atomic E-state index is -5.08. The minimum absolute atomic E-state index is 0.0278. The first-order valence-electron chi connectivity index (χ1n) is 8.62. The van der Waals surface area contributed by atoms with Crippen molar-refractivity contribution in [3.05, 3.63) is 12.2 Å². The van der Waals surface area contributed by atoms with Crippen molar-refractivity contribution < 1.29 is 47.0 Å². The smallest absolute Gasteiger partial charge is 0.475 e. The summed E-state index contributed by atoms with van der Waals surface area (Å²) >= 11 is 0. The van der Waals surface area contributed by atoms with E-state index in [-0.39, 0.29) is 37.7 Å². The molecule has 0 radical (unpaired) electrons. The summed E-state index contributed by atoms with van der Waals surface area (Å²) in [6, 6.07) is -0.734. The van der Waals surface area contributed by atoms with Crippen molar-refractivity contribution in [1.82, 2.24) is 10.2 Å². The highest BCUT2D eigenvalue weighted by atomic mass is 19.4. The Morgan fingerprint density at radius 1 is 1.17 bits per heavy atom. The van der Waals surface area contributed by atoms with Crippen LogP contribution in [-0.2, 0) is 28.7 Å². The van der Waals surface area contributed by atoms with E-state index in [1.165, 1.54) is 12.2 Å². The maximum Gasteiger partial charge on any atom is 0.490 e. The quantitative estimate of drug-likeness (QED) is 0.355. The van der Waals surface area contributed by atoms with Crippen molar-refractivity contribution in [3.8, 4) is 0 Å². The molecule has 0 saturated heterocycles. The number of carboxylic acids is 1. The number of hydrogen-bond donors (Lipinski definition) is 3. The number of carbonyl (C=O) groups is 5. The monoisotopic (exact) mass is 439 g/mol. The second kappa shape index (κ2) is 11.3. The van der Waals surface area contributed by atoms with Gasteiger partial charge in [0, 0.05) is 31.7 Å². The molecular weight excluding hydrogens is 415 g/mol. The van der Waals surface area contributed by atoms with E-state index >= 15 is 0 Å². The maximum atomic E-state index is 12.1. The summed E-state index contributed by atoms with van der Waals surface area (Å²) in [5, 5.41) is 10.0. The highest BCUT2D eigenvalue weighted by molar-refractivity contribution is 6.12. The molecule has 1 aliphatic heterocycles. The Kier molecular flexibility index (Phi) is 10.2. The zero-order valence-corrected chi connectivity index (χ0v) is 16.6. The average Bonchev–Trinajstić information content (AvgIpc) is 2.87. The van der Waals surface area contributed by atoms with Crippen LogP contribution in [0.1, 0.15) is 33.6 Å². The third kappa shape index (κ3) is 11.1. The van der Waals surface area contributed by atoms with E-state index in [9.17, 15) is 32.3 Å². The van der Waals surface area contributed by atoms with Crippen LogP contribution in [0, 0.1) is 0 Å². The first kappa shape index (κ1) is 27.0. The number of esters is 1. The number of alkyl halides is 3. The van der Waals surface area contributed by atoms with Crippen LogP contribution >= 0.6 is 0 Å². The molecule has 0 aromatic rings. The predicted octanol–water partition coefficient (Wildman–Crippen LogP) is 0.110. The molecule has 0 aliphatic carbocycles. The summed E-state index contributed by atoms with van der Waals surface area (Å²) in [5.74, 6) is -4.55. The Balaban J connectivity index is 0.00000103. The summed E-state index contributed by atoms with van der Waals surface area (Å²) in [6.07, 6.45) is -2.48. The molecule has 0 saturated carbocycles. The fourth-order valence-corrected chi connectivity index (χ4v) is 1.96. The number of nitrogens with one attached hydrogen (secondary N) is 1. The Morgan fingerprint density at radius 2 is 1.63 bits per heavy atom. The Bertz CT molecular complexity index is 682. The van der Waals surface area contributed by atoms with Gasteiger partial charge in [0.2, 0.25) is 5.91 Å². The lowest BCUT2D eigenvalue weighted by Gasteiger charge is -2.25. The van der Waals surface area contributed by atoms with Crippen LogP contribution in [0.3, 0.4) is 0 Å². The molecule has 0 aromatic heterocycles. The second-order valence-electron chi connectivity index (χ2n) is 7.01. The Hall–Kier alpha value is -2.96. The average molecular weight is 439 g/mol. The molecule has 1 rings (SSSR count). The number of nitrogens with zero attached hydrogens (tertiary/aromatic N) is 1. The van der Waals surface area contributed by atoms with Gasteiger partial charge in [0.15, 0.2) is 0 Å². The Labute approximate surface area is 170 Å². The lowest BCUT2D eigenvalue weighted by Crippen LogP contribution is -2.45. The molecule has 0 bridgehead atoms. The minimum Gasteiger partial charge on any atom is -0.475 e. The van der Waals surface area contributed by atoms with Gasteiger partial charge in [0.05, 0.1) is 0 Å². The largest absolute Gasteiger partial charge is 0.490 e. The van der Waals surface area contributed by atoms with E-state index in [1.807, 2.05) is 0 Å². The van der Waals surface area contributed by atoms with Crippen molar-refractivity contribution in [2.24, 2.45) is 5.73 Å². The van der Waals surface area contributed by atoms with Gasteiger partial charge in [-0.05, 0) is 27.2 Å². The second-order valence-corrected chi connectivity index (χ2v) is 7.01. The van der Waals surface area contributed by atoms with Crippen molar-refractivity contribution in [3.63, 3.8) is 0 Å². The van der Waals surface area contributed by atoms with Crippen LogP contribution in [-0.4, -0.2) is 70.6 Å². The van der Waals surface area contributed by atoms with Gasteiger partial charge in [-0.3, -0.25) is 24.1 Å². The highest BCUT2D eigenvalue weighted by Crippen LogP contribution is 2.13. The zero-order valence-electron chi connectivity index (χ0n) is 16.6. The molecule has 10 nitrogen and oxygen atoms in total. The summed E-state index contributed by atoms with van der Waals surface area (Å²) in [7, 11) is 0. The molecular formula is C17H24F3N3O7. The SMILES string of the molecule is CC(C)(C)OC(=O)[C@H](CCC(N)=O)NCCN1C(=O)C=CC1=O.O=C(O)C(F)(F)F. The molecule has 3 amide bonds. The van der Waals surface area contributed by atoms with Gasteiger partial charge in [-0.2, -0.15) is 13.2 Å². The number of ether oxygens (including phenoxy) is 1. The number of hydrogen-bond acceptors (Lipinski definition) is 7. The molecule has 1 aliphatic rings. The topological polar surface area (TPSA) is 156 Å². The zero-order chi connectivity index (χ0) is 23.7. The summed E-state index contributed by atoms with van der Waals surface area (Å²) < 4.78 is 37.0. The molecule has 30 heavy (non-hydrogen) atoms. The summed E-state index contributed by atoms with van der Waals surface area (Å²) in [6.45, 7) is 5.55. The third-order valence-corrected chi connectivity index (χ3v) is 3.24. The van der Waals surface area contributed by atoms with Gasteiger partial charge in [-0.15, -0.1) is 0 Å². The number of nitrogens with two attached hydrogens (primary N) is 1. The van der Waals surface area contributed by atoms with E-state index in [4.69, 9.17) is 20.4 Å². The van der Waals surface area contributed by atoms with Gasteiger partial charge in [0.25, 0.3) is 11.8 Å². The first-order chi connectivity index (χ1) is 13.5. The van der Waals surface area contributed by atoms with E-state index in [2.05, 4.69) is 5.32 Å². The lowest BCUT2D eigenvalue weighted by atomic mass is 10.1. The normalized spacial score (nSPS) is 14.8. The number of aliphatic carboxylic acids is 1. The number of rotatable bonds is 8.